The van der Waals surface area contributed by atoms with Gasteiger partial charge >= 0.3 is 0 Å². The first kappa shape index (κ1) is 25.3. The Kier molecular flexibility index (Phi) is 10.1. The zero-order valence-electron chi connectivity index (χ0n) is 18.9. The van der Waals surface area contributed by atoms with Gasteiger partial charge in [-0.25, -0.2) is 0 Å². The van der Waals surface area contributed by atoms with Crippen molar-refractivity contribution in [1.29, 1.82) is 0 Å². The molecule has 0 saturated carbocycles. The highest BCUT2D eigenvalue weighted by atomic mass is 127. The molecule has 2 fully saturated rings. The van der Waals surface area contributed by atoms with Gasteiger partial charge in [0.15, 0.2) is 17.5 Å². The van der Waals surface area contributed by atoms with Gasteiger partial charge in [-0.05, 0) is 49.8 Å². The summed E-state index contributed by atoms with van der Waals surface area (Å²) in [6.07, 6.45) is 5.38. The van der Waals surface area contributed by atoms with Gasteiger partial charge in [-0.2, -0.15) is 0 Å². The van der Waals surface area contributed by atoms with Crippen LogP contribution in [0.5, 0.6) is 11.5 Å². The van der Waals surface area contributed by atoms with Crippen molar-refractivity contribution >= 4 is 29.9 Å². The second-order valence-electron chi connectivity index (χ2n) is 8.38. The Morgan fingerprint density at radius 1 is 1.16 bits per heavy atom. The van der Waals surface area contributed by atoms with Gasteiger partial charge in [0.25, 0.3) is 0 Å². The van der Waals surface area contributed by atoms with E-state index in [0.29, 0.717) is 13.4 Å². The van der Waals surface area contributed by atoms with Crippen molar-refractivity contribution in [2.45, 2.75) is 43.6 Å². The second-order valence-corrected chi connectivity index (χ2v) is 8.38. The topological polar surface area (TPSA) is 82.6 Å². The summed E-state index contributed by atoms with van der Waals surface area (Å²) in [7, 11) is 1.81. The number of nitrogens with zero attached hydrogens (tertiary/aromatic N) is 1. The summed E-state index contributed by atoms with van der Waals surface area (Å²) < 4.78 is 28.1. The molecule has 3 aliphatic heterocycles. The van der Waals surface area contributed by atoms with Crippen molar-refractivity contribution in [1.82, 2.24) is 10.6 Å². The van der Waals surface area contributed by atoms with Crippen LogP contribution in [0.3, 0.4) is 0 Å². The van der Waals surface area contributed by atoms with Gasteiger partial charge in [-0.1, -0.05) is 6.07 Å². The Morgan fingerprint density at radius 3 is 2.78 bits per heavy atom. The minimum absolute atomic E-state index is 0. The van der Waals surface area contributed by atoms with Gasteiger partial charge in [-0.15, -0.1) is 24.0 Å². The second kappa shape index (κ2) is 12.8. The molecule has 2 N–H and O–H groups in total. The fourth-order valence-corrected chi connectivity index (χ4v) is 4.40. The molecular weight excluding hydrogens is 525 g/mol. The molecule has 1 unspecified atom stereocenters. The molecule has 9 heteroatoms. The summed E-state index contributed by atoms with van der Waals surface area (Å²) in [5, 5.41) is 6.93. The molecule has 0 spiro atoms. The van der Waals surface area contributed by atoms with E-state index in [9.17, 15) is 0 Å². The maximum atomic E-state index is 5.74. The van der Waals surface area contributed by atoms with Crippen LogP contribution in [0, 0.1) is 0 Å². The number of hydrogen-bond acceptors (Lipinski definition) is 6. The monoisotopic (exact) mass is 561 g/mol. The number of benzene rings is 1. The van der Waals surface area contributed by atoms with E-state index < -0.39 is 0 Å². The zero-order chi connectivity index (χ0) is 21.4. The van der Waals surface area contributed by atoms with E-state index in [1.807, 2.05) is 6.07 Å². The van der Waals surface area contributed by atoms with Crippen LogP contribution >= 0.6 is 24.0 Å². The molecule has 1 atom stereocenters. The van der Waals surface area contributed by atoms with E-state index >= 15 is 0 Å². The number of rotatable bonds is 9. The summed E-state index contributed by atoms with van der Waals surface area (Å²) in [6, 6.07) is 6.29. The summed E-state index contributed by atoms with van der Waals surface area (Å²) in [6.45, 7) is 5.69. The van der Waals surface area contributed by atoms with Crippen molar-refractivity contribution in [2.24, 2.45) is 4.99 Å². The number of ether oxygens (including phenoxy) is 5. The van der Waals surface area contributed by atoms with E-state index in [2.05, 4.69) is 27.8 Å². The van der Waals surface area contributed by atoms with Crippen molar-refractivity contribution in [2.75, 3.05) is 60.0 Å². The Morgan fingerprint density at radius 2 is 2.00 bits per heavy atom. The molecular formula is C23H36IN3O5. The molecule has 0 radical (unpaired) electrons. The van der Waals surface area contributed by atoms with Crippen molar-refractivity contribution in [3.05, 3.63) is 23.8 Å². The van der Waals surface area contributed by atoms with Gasteiger partial charge < -0.3 is 34.3 Å². The van der Waals surface area contributed by atoms with Crippen LogP contribution in [0.15, 0.2) is 23.2 Å². The smallest absolute Gasteiger partial charge is 0.231 e. The van der Waals surface area contributed by atoms with Crippen molar-refractivity contribution < 1.29 is 23.7 Å². The number of guanidine groups is 1. The molecule has 32 heavy (non-hydrogen) atoms. The minimum atomic E-state index is -0.0265. The van der Waals surface area contributed by atoms with Crippen LogP contribution in [-0.2, 0) is 19.6 Å². The lowest BCUT2D eigenvalue weighted by Gasteiger charge is -2.38. The number of halogens is 1. The number of aliphatic imine (C=N–C) groups is 1. The summed E-state index contributed by atoms with van der Waals surface area (Å²) >= 11 is 0. The van der Waals surface area contributed by atoms with Crippen LogP contribution in [-0.4, -0.2) is 72.0 Å². The SMILES string of the molecule is CN=C(NCCCOCC1CCCO1)NCC1(c2ccc3c(c2)OCO3)CCOCC1.I. The van der Waals surface area contributed by atoms with E-state index in [4.69, 9.17) is 23.7 Å². The lowest BCUT2D eigenvalue weighted by Crippen LogP contribution is -2.48. The summed E-state index contributed by atoms with van der Waals surface area (Å²) in [5.41, 5.74) is 1.23. The van der Waals surface area contributed by atoms with Gasteiger partial charge in [-0.3, -0.25) is 4.99 Å². The molecule has 1 aromatic rings. The van der Waals surface area contributed by atoms with Crippen LogP contribution < -0.4 is 20.1 Å². The lowest BCUT2D eigenvalue weighted by atomic mass is 9.74. The number of hydrogen-bond donors (Lipinski definition) is 2. The van der Waals surface area contributed by atoms with E-state index in [-0.39, 0.29) is 35.5 Å². The lowest BCUT2D eigenvalue weighted by molar-refractivity contribution is 0.0168. The minimum Gasteiger partial charge on any atom is -0.454 e. The van der Waals surface area contributed by atoms with E-state index in [1.165, 1.54) is 5.56 Å². The maximum absolute atomic E-state index is 5.74. The highest BCUT2D eigenvalue weighted by molar-refractivity contribution is 14.0. The molecule has 3 heterocycles. The average molecular weight is 561 g/mol. The van der Waals surface area contributed by atoms with Gasteiger partial charge in [0.2, 0.25) is 6.79 Å². The highest BCUT2D eigenvalue weighted by Crippen LogP contribution is 2.40. The normalized spacial score (nSPS) is 21.8. The molecule has 0 aliphatic carbocycles. The first-order chi connectivity index (χ1) is 15.3. The van der Waals surface area contributed by atoms with Gasteiger partial charge in [0.1, 0.15) is 0 Å². The third-order valence-corrected chi connectivity index (χ3v) is 6.34. The Hall–Kier alpha value is -1.30. The molecule has 3 aliphatic rings. The molecule has 0 aromatic heterocycles. The quantitative estimate of drug-likeness (QED) is 0.208. The zero-order valence-corrected chi connectivity index (χ0v) is 21.2. The third kappa shape index (κ3) is 6.61. The van der Waals surface area contributed by atoms with Crippen molar-refractivity contribution in [3.8, 4) is 11.5 Å². The molecule has 4 rings (SSSR count). The van der Waals surface area contributed by atoms with Gasteiger partial charge in [0, 0.05) is 52.0 Å². The van der Waals surface area contributed by atoms with Crippen molar-refractivity contribution in [3.63, 3.8) is 0 Å². The molecule has 2 saturated heterocycles. The molecule has 8 nitrogen and oxygen atoms in total. The number of fused-ring (bicyclic) bond motifs is 1. The largest absolute Gasteiger partial charge is 0.454 e. The molecule has 180 valence electrons. The maximum Gasteiger partial charge on any atom is 0.231 e. The summed E-state index contributed by atoms with van der Waals surface area (Å²) in [5.74, 6) is 2.46. The standard InChI is InChI=1S/C23H35N3O5.HI/c1-24-22(25-9-3-10-28-15-19-4-2-11-29-19)26-16-23(7-12-27-13-8-23)18-5-6-20-21(14-18)31-17-30-20;/h5-6,14,19H,2-4,7-13,15-17H2,1H3,(H2,24,25,26);1H. The van der Waals surface area contributed by atoms with Crippen LogP contribution in [0.25, 0.3) is 0 Å². The van der Waals surface area contributed by atoms with Crippen LogP contribution in [0.2, 0.25) is 0 Å². The first-order valence-corrected chi connectivity index (χ1v) is 11.4. The first-order valence-electron chi connectivity index (χ1n) is 11.4. The predicted molar refractivity (Wildman–Crippen MR) is 133 cm³/mol. The Bertz CT molecular complexity index is 736. The van der Waals surface area contributed by atoms with Gasteiger partial charge in [0.05, 0.1) is 12.7 Å². The number of nitrogens with one attached hydrogen (secondary N) is 2. The van der Waals surface area contributed by atoms with E-state index in [1.54, 1.807) is 7.05 Å². The third-order valence-electron chi connectivity index (χ3n) is 6.34. The molecule has 0 bridgehead atoms. The highest BCUT2D eigenvalue weighted by Gasteiger charge is 2.35. The van der Waals surface area contributed by atoms with Crippen LogP contribution in [0.1, 0.15) is 37.7 Å². The van der Waals surface area contributed by atoms with Crippen LogP contribution in [0.4, 0.5) is 0 Å². The average Bonchev–Trinajstić information content (AvgIpc) is 3.50. The Balaban J connectivity index is 0.00000289. The molecule has 1 aromatic carbocycles. The summed E-state index contributed by atoms with van der Waals surface area (Å²) in [4.78, 5) is 4.39. The fourth-order valence-electron chi connectivity index (χ4n) is 4.40. The Labute approximate surface area is 207 Å². The molecule has 0 amide bonds. The van der Waals surface area contributed by atoms with E-state index in [0.717, 1.165) is 89.1 Å². The predicted octanol–water partition coefficient (Wildman–Crippen LogP) is 2.83. The fraction of sp³-hybridized carbons (Fsp3) is 0.696.